The first-order chi connectivity index (χ1) is 16.3. The Morgan fingerprint density at radius 3 is 2.35 bits per heavy atom. The molecule has 0 saturated carbocycles. The molecule has 1 N–H and O–H groups in total. The number of benzene rings is 3. The van der Waals surface area contributed by atoms with Crippen LogP contribution in [0.4, 0.5) is 10.1 Å². The number of aryl methyl sites for hydroxylation is 1. The number of Topliss-reactive ketones (excluding diaryl/α,β-unsaturated/α-hetero) is 1. The number of methoxy groups -OCH3 is 1. The second-order valence-corrected chi connectivity index (χ2v) is 8.53. The minimum atomic E-state index is -0.964. The molecule has 1 amide bonds. The molecule has 34 heavy (non-hydrogen) atoms. The SMILES string of the molecule is CCc1ccc(C2/C(=C(\O)c3ccc(Cl)c(OC)c3)C(=O)C(=O)N2c2ccc(F)c(Cl)c2)cc1. The van der Waals surface area contributed by atoms with Gasteiger partial charge in [-0.1, -0.05) is 54.4 Å². The third-order valence-electron chi connectivity index (χ3n) is 5.75. The van der Waals surface area contributed by atoms with Gasteiger partial charge in [-0.15, -0.1) is 0 Å². The summed E-state index contributed by atoms with van der Waals surface area (Å²) < 4.78 is 19.0. The Kier molecular flexibility index (Phi) is 6.64. The molecule has 1 atom stereocenters. The molecule has 0 radical (unpaired) electrons. The normalized spacial score (nSPS) is 17.3. The van der Waals surface area contributed by atoms with Crippen molar-refractivity contribution in [3.63, 3.8) is 0 Å². The molecule has 0 aromatic heterocycles. The summed E-state index contributed by atoms with van der Waals surface area (Å²) >= 11 is 12.1. The number of ether oxygens (including phenoxy) is 1. The summed E-state index contributed by atoms with van der Waals surface area (Å²) in [4.78, 5) is 27.6. The maximum Gasteiger partial charge on any atom is 0.300 e. The van der Waals surface area contributed by atoms with Crippen molar-refractivity contribution in [2.75, 3.05) is 12.0 Å². The zero-order valence-corrected chi connectivity index (χ0v) is 19.8. The predicted molar refractivity (Wildman–Crippen MR) is 130 cm³/mol. The summed E-state index contributed by atoms with van der Waals surface area (Å²) in [5.74, 6) is -2.48. The molecule has 5 nitrogen and oxygen atoms in total. The first-order valence-electron chi connectivity index (χ1n) is 10.5. The van der Waals surface area contributed by atoms with Crippen molar-refractivity contribution in [1.29, 1.82) is 0 Å². The molecule has 174 valence electrons. The Balaban J connectivity index is 1.95. The highest BCUT2D eigenvalue weighted by Crippen LogP contribution is 2.43. The monoisotopic (exact) mass is 499 g/mol. The van der Waals surface area contributed by atoms with Gasteiger partial charge in [-0.3, -0.25) is 14.5 Å². The van der Waals surface area contributed by atoms with Gasteiger partial charge in [-0.2, -0.15) is 0 Å². The van der Waals surface area contributed by atoms with E-state index in [1.807, 2.05) is 19.1 Å². The van der Waals surface area contributed by atoms with Gasteiger partial charge in [0.15, 0.2) is 0 Å². The van der Waals surface area contributed by atoms with Gasteiger partial charge in [0.25, 0.3) is 11.7 Å². The molecular formula is C26H20Cl2FNO4. The van der Waals surface area contributed by atoms with Gasteiger partial charge >= 0.3 is 0 Å². The number of nitrogens with zero attached hydrogens (tertiary/aromatic N) is 1. The van der Waals surface area contributed by atoms with E-state index >= 15 is 0 Å². The van der Waals surface area contributed by atoms with E-state index in [1.165, 1.54) is 42.3 Å². The minimum Gasteiger partial charge on any atom is -0.507 e. The van der Waals surface area contributed by atoms with Crippen molar-refractivity contribution in [1.82, 2.24) is 0 Å². The van der Waals surface area contributed by atoms with E-state index in [9.17, 15) is 19.1 Å². The quantitative estimate of drug-likeness (QED) is 0.253. The summed E-state index contributed by atoms with van der Waals surface area (Å²) in [7, 11) is 1.43. The van der Waals surface area contributed by atoms with Crippen LogP contribution in [0.15, 0.2) is 66.2 Å². The molecule has 0 aliphatic carbocycles. The number of amides is 1. The number of rotatable bonds is 5. The molecule has 1 aliphatic rings. The second kappa shape index (κ2) is 9.49. The van der Waals surface area contributed by atoms with E-state index < -0.39 is 23.5 Å². The third-order valence-corrected chi connectivity index (χ3v) is 6.36. The van der Waals surface area contributed by atoms with Crippen LogP contribution in [-0.2, 0) is 16.0 Å². The number of hydrogen-bond donors (Lipinski definition) is 1. The van der Waals surface area contributed by atoms with Gasteiger partial charge in [0.2, 0.25) is 0 Å². The van der Waals surface area contributed by atoms with E-state index in [1.54, 1.807) is 12.1 Å². The van der Waals surface area contributed by atoms with Gasteiger partial charge in [0.05, 0.1) is 28.8 Å². The summed E-state index contributed by atoms with van der Waals surface area (Å²) in [6, 6.07) is 14.7. The number of carbonyl (C=O) groups is 2. The highest BCUT2D eigenvalue weighted by molar-refractivity contribution is 6.51. The molecule has 4 rings (SSSR count). The lowest BCUT2D eigenvalue weighted by Crippen LogP contribution is -2.29. The molecule has 0 spiro atoms. The number of aliphatic hydroxyl groups excluding tert-OH is 1. The average molecular weight is 500 g/mol. The molecular weight excluding hydrogens is 480 g/mol. The van der Waals surface area contributed by atoms with Gasteiger partial charge in [0.1, 0.15) is 17.3 Å². The number of carbonyl (C=O) groups excluding carboxylic acids is 2. The van der Waals surface area contributed by atoms with E-state index in [0.29, 0.717) is 16.3 Å². The summed E-state index contributed by atoms with van der Waals surface area (Å²) in [6.07, 6.45) is 0.804. The summed E-state index contributed by atoms with van der Waals surface area (Å²) in [5, 5.41) is 11.3. The molecule has 0 bridgehead atoms. The summed E-state index contributed by atoms with van der Waals surface area (Å²) in [6.45, 7) is 2.01. The van der Waals surface area contributed by atoms with Crippen LogP contribution in [0.1, 0.15) is 29.7 Å². The molecule has 1 fully saturated rings. The van der Waals surface area contributed by atoms with Crippen LogP contribution in [0, 0.1) is 5.82 Å². The number of hydrogen-bond acceptors (Lipinski definition) is 4. The average Bonchev–Trinajstić information content (AvgIpc) is 3.11. The number of halogens is 3. The number of ketones is 1. The zero-order valence-electron chi connectivity index (χ0n) is 18.3. The van der Waals surface area contributed by atoms with Crippen molar-refractivity contribution in [2.45, 2.75) is 19.4 Å². The van der Waals surface area contributed by atoms with Crippen LogP contribution in [0.2, 0.25) is 10.0 Å². The Labute approximate surface area is 206 Å². The maximum atomic E-state index is 13.8. The first kappa shape index (κ1) is 23.8. The fourth-order valence-electron chi connectivity index (χ4n) is 3.95. The smallest absolute Gasteiger partial charge is 0.300 e. The van der Waals surface area contributed by atoms with E-state index in [2.05, 4.69) is 0 Å². The van der Waals surface area contributed by atoms with Crippen molar-refractivity contribution in [2.24, 2.45) is 0 Å². The van der Waals surface area contributed by atoms with Crippen molar-refractivity contribution in [3.8, 4) is 5.75 Å². The third kappa shape index (κ3) is 4.15. The van der Waals surface area contributed by atoms with Crippen molar-refractivity contribution in [3.05, 3.63) is 98.8 Å². The van der Waals surface area contributed by atoms with Crippen LogP contribution in [0.25, 0.3) is 5.76 Å². The van der Waals surface area contributed by atoms with E-state index in [-0.39, 0.29) is 27.6 Å². The van der Waals surface area contributed by atoms with Gasteiger partial charge < -0.3 is 9.84 Å². The van der Waals surface area contributed by atoms with Crippen LogP contribution in [-0.4, -0.2) is 23.9 Å². The lowest BCUT2D eigenvalue weighted by Gasteiger charge is -2.26. The fraction of sp³-hybridized carbons (Fsp3) is 0.154. The van der Waals surface area contributed by atoms with Gasteiger partial charge in [0, 0.05) is 11.3 Å². The largest absolute Gasteiger partial charge is 0.507 e. The predicted octanol–water partition coefficient (Wildman–Crippen LogP) is 6.33. The van der Waals surface area contributed by atoms with Crippen LogP contribution >= 0.6 is 23.2 Å². The molecule has 1 aliphatic heterocycles. The first-order valence-corrected chi connectivity index (χ1v) is 11.2. The summed E-state index contributed by atoms with van der Waals surface area (Å²) in [5.41, 5.74) is 2.03. The Bertz CT molecular complexity index is 1320. The fourth-order valence-corrected chi connectivity index (χ4v) is 4.32. The van der Waals surface area contributed by atoms with Crippen LogP contribution < -0.4 is 9.64 Å². The van der Waals surface area contributed by atoms with E-state index in [0.717, 1.165) is 18.1 Å². The highest BCUT2D eigenvalue weighted by atomic mass is 35.5. The highest BCUT2D eigenvalue weighted by Gasteiger charge is 2.47. The number of anilines is 1. The van der Waals surface area contributed by atoms with Crippen molar-refractivity contribution >= 4 is 46.3 Å². The zero-order chi connectivity index (χ0) is 24.6. The molecule has 3 aromatic rings. The lowest BCUT2D eigenvalue weighted by molar-refractivity contribution is -0.132. The molecule has 8 heteroatoms. The van der Waals surface area contributed by atoms with Gasteiger partial charge in [-0.05, 0) is 53.9 Å². The number of aliphatic hydroxyl groups is 1. The molecule has 1 heterocycles. The van der Waals surface area contributed by atoms with Crippen LogP contribution in [0.5, 0.6) is 5.75 Å². The molecule has 3 aromatic carbocycles. The van der Waals surface area contributed by atoms with Crippen molar-refractivity contribution < 1.29 is 23.8 Å². The van der Waals surface area contributed by atoms with Gasteiger partial charge in [-0.25, -0.2) is 4.39 Å². The Morgan fingerprint density at radius 1 is 1.03 bits per heavy atom. The Morgan fingerprint density at radius 2 is 1.74 bits per heavy atom. The second-order valence-electron chi connectivity index (χ2n) is 7.71. The van der Waals surface area contributed by atoms with Crippen LogP contribution in [0.3, 0.4) is 0 Å². The standard InChI is InChI=1S/C26H20Cl2FNO4/c1-3-14-4-6-15(7-5-14)23-22(24(31)16-8-10-18(27)21(12-16)34-2)25(32)26(33)30(23)17-9-11-20(29)19(28)13-17/h4-13,23,31H,3H2,1-2H3/b24-22+. The minimum absolute atomic E-state index is 0.112. The maximum absolute atomic E-state index is 13.8. The molecule has 1 saturated heterocycles. The topological polar surface area (TPSA) is 66.8 Å². The molecule has 1 unspecified atom stereocenters. The Hall–Kier alpha value is -3.35. The van der Waals surface area contributed by atoms with E-state index in [4.69, 9.17) is 27.9 Å². The lowest BCUT2D eigenvalue weighted by atomic mass is 9.94.